The molecule has 2 aromatic carbocycles. The largest absolute Gasteiger partial charge is 0.443 e. The van der Waals surface area contributed by atoms with Crippen molar-refractivity contribution in [2.24, 2.45) is 10.8 Å². The Balaban J connectivity index is 2.12. The number of nitrogens with two attached hydrogens (primary N) is 1. The zero-order valence-corrected chi connectivity index (χ0v) is 12.4. The topological polar surface area (TPSA) is 76.7 Å². The van der Waals surface area contributed by atoms with E-state index in [0.717, 1.165) is 16.3 Å². The number of nitrogens with zero attached hydrogens (tertiary/aromatic N) is 1. The van der Waals surface area contributed by atoms with E-state index >= 15 is 0 Å². The van der Waals surface area contributed by atoms with Gasteiger partial charge in [-0.25, -0.2) is 10.2 Å². The smallest absolute Gasteiger partial charge is 0.428 e. The SMILES string of the molecule is CC(C)(C)OC(=O)N/N=C(/N)c1ccc2ccccc2c1. The molecule has 0 atom stereocenters. The summed E-state index contributed by atoms with van der Waals surface area (Å²) >= 11 is 0. The summed E-state index contributed by atoms with van der Waals surface area (Å²) in [6.07, 6.45) is -0.633. The summed E-state index contributed by atoms with van der Waals surface area (Å²) in [4.78, 5) is 11.5. The van der Waals surface area contributed by atoms with Gasteiger partial charge in [-0.2, -0.15) is 5.10 Å². The van der Waals surface area contributed by atoms with E-state index < -0.39 is 11.7 Å². The van der Waals surface area contributed by atoms with E-state index in [1.807, 2.05) is 42.5 Å². The van der Waals surface area contributed by atoms with Crippen LogP contribution < -0.4 is 11.2 Å². The van der Waals surface area contributed by atoms with Crippen molar-refractivity contribution in [2.75, 3.05) is 0 Å². The molecular weight excluding hydrogens is 266 g/mol. The van der Waals surface area contributed by atoms with E-state index in [4.69, 9.17) is 10.5 Å². The van der Waals surface area contributed by atoms with Crippen LogP contribution in [-0.2, 0) is 4.74 Å². The minimum absolute atomic E-state index is 0.228. The first-order chi connectivity index (χ1) is 9.85. The van der Waals surface area contributed by atoms with Crippen molar-refractivity contribution in [1.29, 1.82) is 0 Å². The van der Waals surface area contributed by atoms with Gasteiger partial charge in [0, 0.05) is 5.56 Å². The fourth-order valence-corrected chi connectivity index (χ4v) is 1.82. The standard InChI is InChI=1S/C16H19N3O2/c1-16(2,3)21-15(20)19-18-14(17)13-9-8-11-6-4-5-7-12(11)10-13/h4-10H,1-3H3,(H2,17,18)(H,19,20). The molecule has 0 aliphatic heterocycles. The molecule has 0 aliphatic rings. The Bertz CT molecular complexity index is 687. The number of carbonyl (C=O) groups excluding carboxylic acids is 1. The van der Waals surface area contributed by atoms with Crippen LogP contribution in [0.1, 0.15) is 26.3 Å². The van der Waals surface area contributed by atoms with Gasteiger partial charge in [-0.1, -0.05) is 36.4 Å². The number of rotatable bonds is 2. The first kappa shape index (κ1) is 14.8. The Labute approximate surface area is 123 Å². The fraction of sp³-hybridized carbons (Fsp3) is 0.250. The predicted molar refractivity (Wildman–Crippen MR) is 84.0 cm³/mol. The van der Waals surface area contributed by atoms with Crippen molar-refractivity contribution in [1.82, 2.24) is 5.43 Å². The molecule has 2 rings (SSSR count). The van der Waals surface area contributed by atoms with Crippen LogP contribution in [0, 0.1) is 0 Å². The summed E-state index contributed by atoms with van der Waals surface area (Å²) in [5, 5.41) is 6.04. The van der Waals surface area contributed by atoms with Crippen molar-refractivity contribution in [3.05, 3.63) is 48.0 Å². The molecule has 5 nitrogen and oxygen atoms in total. The van der Waals surface area contributed by atoms with Crippen LogP contribution in [0.3, 0.4) is 0 Å². The molecule has 0 saturated carbocycles. The lowest BCUT2D eigenvalue weighted by molar-refractivity contribution is 0.0529. The molecule has 0 unspecified atom stereocenters. The number of nitrogens with one attached hydrogen (secondary N) is 1. The van der Waals surface area contributed by atoms with Crippen LogP contribution in [0.5, 0.6) is 0 Å². The number of hydrazone groups is 1. The highest BCUT2D eigenvalue weighted by atomic mass is 16.6. The highest BCUT2D eigenvalue weighted by Crippen LogP contribution is 2.15. The van der Waals surface area contributed by atoms with Crippen LogP contribution in [0.25, 0.3) is 10.8 Å². The average Bonchev–Trinajstić information content (AvgIpc) is 2.42. The fourth-order valence-electron chi connectivity index (χ4n) is 1.82. The number of amides is 1. The highest BCUT2D eigenvalue weighted by molar-refractivity contribution is 6.01. The molecule has 2 aromatic rings. The predicted octanol–water partition coefficient (Wildman–Crippen LogP) is 2.98. The van der Waals surface area contributed by atoms with Gasteiger partial charge >= 0.3 is 6.09 Å². The lowest BCUT2D eigenvalue weighted by Gasteiger charge is -2.18. The lowest BCUT2D eigenvalue weighted by Crippen LogP contribution is -2.31. The number of fused-ring (bicyclic) bond motifs is 1. The minimum Gasteiger partial charge on any atom is -0.443 e. The third-order valence-electron chi connectivity index (χ3n) is 2.71. The first-order valence-electron chi connectivity index (χ1n) is 6.66. The molecule has 3 N–H and O–H groups in total. The maximum atomic E-state index is 11.5. The van der Waals surface area contributed by atoms with Gasteiger partial charge in [-0.3, -0.25) is 0 Å². The van der Waals surface area contributed by atoms with E-state index in [0.29, 0.717) is 0 Å². The van der Waals surface area contributed by atoms with E-state index in [1.165, 1.54) is 0 Å². The van der Waals surface area contributed by atoms with Crippen LogP contribution in [0.4, 0.5) is 4.79 Å². The average molecular weight is 285 g/mol. The maximum absolute atomic E-state index is 11.5. The molecule has 1 amide bonds. The molecule has 0 saturated heterocycles. The molecule has 21 heavy (non-hydrogen) atoms. The van der Waals surface area contributed by atoms with Crippen LogP contribution in [0.2, 0.25) is 0 Å². The lowest BCUT2D eigenvalue weighted by atomic mass is 10.1. The molecule has 0 radical (unpaired) electrons. The summed E-state index contributed by atoms with van der Waals surface area (Å²) in [6.45, 7) is 5.34. The zero-order valence-electron chi connectivity index (χ0n) is 12.4. The number of hydrogen-bond donors (Lipinski definition) is 2. The Morgan fingerprint density at radius 1 is 1.14 bits per heavy atom. The summed E-state index contributed by atoms with van der Waals surface area (Å²) in [5.41, 5.74) is 8.33. The highest BCUT2D eigenvalue weighted by Gasteiger charge is 2.15. The molecule has 0 aliphatic carbocycles. The molecule has 0 spiro atoms. The van der Waals surface area contributed by atoms with Crippen molar-refractivity contribution >= 4 is 22.7 Å². The molecule has 5 heteroatoms. The normalized spacial score (nSPS) is 12.2. The molecule has 0 bridgehead atoms. The second-order valence-electron chi connectivity index (χ2n) is 5.67. The molecular formula is C16H19N3O2. The van der Waals surface area contributed by atoms with Gasteiger partial charge in [0.2, 0.25) is 0 Å². The first-order valence-corrected chi connectivity index (χ1v) is 6.66. The van der Waals surface area contributed by atoms with Gasteiger partial charge in [0.05, 0.1) is 0 Å². The maximum Gasteiger partial charge on any atom is 0.428 e. The van der Waals surface area contributed by atoms with Gasteiger partial charge in [-0.15, -0.1) is 0 Å². The molecule has 0 aromatic heterocycles. The second-order valence-corrected chi connectivity index (χ2v) is 5.67. The van der Waals surface area contributed by atoms with E-state index in [2.05, 4.69) is 10.5 Å². The second kappa shape index (κ2) is 5.83. The Morgan fingerprint density at radius 3 is 2.48 bits per heavy atom. The summed E-state index contributed by atoms with van der Waals surface area (Å²) in [5.74, 6) is 0.228. The van der Waals surface area contributed by atoms with Crippen molar-refractivity contribution in [3.8, 4) is 0 Å². The van der Waals surface area contributed by atoms with Gasteiger partial charge < -0.3 is 10.5 Å². The van der Waals surface area contributed by atoms with Crippen LogP contribution in [-0.4, -0.2) is 17.5 Å². The van der Waals surface area contributed by atoms with Crippen molar-refractivity contribution < 1.29 is 9.53 Å². The number of hydrogen-bond acceptors (Lipinski definition) is 3. The monoisotopic (exact) mass is 285 g/mol. The third kappa shape index (κ3) is 4.21. The summed E-state index contributed by atoms with van der Waals surface area (Å²) < 4.78 is 5.08. The van der Waals surface area contributed by atoms with E-state index in [-0.39, 0.29) is 5.84 Å². The quantitative estimate of drug-likeness (QED) is 0.506. The number of carbonyl (C=O) groups is 1. The molecule has 110 valence electrons. The number of ether oxygens (including phenoxy) is 1. The van der Waals surface area contributed by atoms with E-state index in [1.54, 1.807) is 20.8 Å². The van der Waals surface area contributed by atoms with Crippen molar-refractivity contribution in [3.63, 3.8) is 0 Å². The summed E-state index contributed by atoms with van der Waals surface area (Å²) in [7, 11) is 0. The van der Waals surface area contributed by atoms with E-state index in [9.17, 15) is 4.79 Å². The molecule has 0 fully saturated rings. The van der Waals surface area contributed by atoms with Gasteiger partial charge in [0.15, 0.2) is 5.84 Å². The van der Waals surface area contributed by atoms with Gasteiger partial charge in [0.1, 0.15) is 5.60 Å². The van der Waals surface area contributed by atoms with Gasteiger partial charge in [-0.05, 0) is 37.6 Å². The number of amidine groups is 1. The van der Waals surface area contributed by atoms with Crippen LogP contribution >= 0.6 is 0 Å². The van der Waals surface area contributed by atoms with Crippen molar-refractivity contribution in [2.45, 2.75) is 26.4 Å². The Morgan fingerprint density at radius 2 is 1.81 bits per heavy atom. The zero-order chi connectivity index (χ0) is 15.5. The summed E-state index contributed by atoms with van der Waals surface area (Å²) in [6, 6.07) is 13.7. The van der Waals surface area contributed by atoms with Crippen LogP contribution in [0.15, 0.2) is 47.6 Å². The minimum atomic E-state index is -0.633. The third-order valence-corrected chi connectivity index (χ3v) is 2.71. The Hall–Kier alpha value is -2.56. The Kier molecular flexibility index (Phi) is 4.12. The van der Waals surface area contributed by atoms with Gasteiger partial charge in [0.25, 0.3) is 0 Å². The number of benzene rings is 2. The molecule has 0 heterocycles.